The maximum absolute atomic E-state index is 13.8. The van der Waals surface area contributed by atoms with E-state index < -0.39 is 11.8 Å². The van der Waals surface area contributed by atoms with E-state index >= 15 is 0 Å². The molecule has 1 aromatic heterocycles. The minimum absolute atomic E-state index is 0.0133. The molecule has 0 spiro atoms. The summed E-state index contributed by atoms with van der Waals surface area (Å²) in [5, 5.41) is 12.6. The number of aliphatic carboxylic acids is 1. The van der Waals surface area contributed by atoms with Crippen molar-refractivity contribution in [2.45, 2.75) is 20.1 Å². The zero-order chi connectivity index (χ0) is 15.2. The third-order valence-electron chi connectivity index (χ3n) is 2.74. The van der Waals surface area contributed by atoms with Gasteiger partial charge in [-0.25, -0.2) is 18.9 Å². The molecular formula is C14H14FN3O3. The molecule has 7 heteroatoms. The largest absolute Gasteiger partial charge is 0.482 e. The fraction of sp³-hybridized carbons (Fsp3) is 0.214. The summed E-state index contributed by atoms with van der Waals surface area (Å²) in [6.45, 7) is 2.58. The van der Waals surface area contributed by atoms with Gasteiger partial charge in [0.2, 0.25) is 0 Å². The Hall–Kier alpha value is -2.70. The van der Waals surface area contributed by atoms with Gasteiger partial charge in [-0.05, 0) is 19.1 Å². The predicted octanol–water partition coefficient (Wildman–Crippen LogP) is 2.11. The van der Waals surface area contributed by atoms with E-state index in [1.54, 1.807) is 10.7 Å². The van der Waals surface area contributed by atoms with Crippen LogP contribution in [0.1, 0.15) is 18.3 Å². The lowest BCUT2D eigenvalue weighted by Gasteiger charge is -2.10. The first-order valence-corrected chi connectivity index (χ1v) is 6.30. The summed E-state index contributed by atoms with van der Waals surface area (Å²) in [4.78, 5) is 14.6. The predicted molar refractivity (Wildman–Crippen MR) is 73.1 cm³/mol. The number of halogens is 1. The van der Waals surface area contributed by atoms with E-state index in [1.165, 1.54) is 24.5 Å². The van der Waals surface area contributed by atoms with E-state index in [4.69, 9.17) is 9.84 Å². The molecule has 0 aliphatic rings. The van der Waals surface area contributed by atoms with E-state index in [2.05, 4.69) is 10.1 Å². The minimum Gasteiger partial charge on any atom is -0.482 e. The second-order valence-electron chi connectivity index (χ2n) is 4.11. The standard InChI is InChI=1S/C14H14FN3O3/c1-2-18-12(16-9-17-18)8-21-14-10(6-7-13(19)20)4-3-5-11(14)15/h3-7,9H,2,8H2,1H3,(H,19,20)/b7-6+. The van der Waals surface area contributed by atoms with Crippen LogP contribution in [0.2, 0.25) is 0 Å². The van der Waals surface area contributed by atoms with Crippen LogP contribution in [0.5, 0.6) is 5.75 Å². The van der Waals surface area contributed by atoms with Crippen molar-refractivity contribution in [3.8, 4) is 5.75 Å². The fourth-order valence-electron chi connectivity index (χ4n) is 1.77. The Morgan fingerprint density at radius 3 is 3.05 bits per heavy atom. The molecule has 0 saturated carbocycles. The molecule has 1 aromatic carbocycles. The van der Waals surface area contributed by atoms with Crippen LogP contribution in [0.4, 0.5) is 4.39 Å². The van der Waals surface area contributed by atoms with E-state index in [9.17, 15) is 9.18 Å². The van der Waals surface area contributed by atoms with Crippen LogP contribution < -0.4 is 4.74 Å². The van der Waals surface area contributed by atoms with Crippen LogP contribution in [-0.2, 0) is 17.9 Å². The number of benzene rings is 1. The summed E-state index contributed by atoms with van der Waals surface area (Å²) in [5.41, 5.74) is 0.347. The van der Waals surface area contributed by atoms with Crippen LogP contribution in [0.3, 0.4) is 0 Å². The van der Waals surface area contributed by atoms with Gasteiger partial charge >= 0.3 is 5.97 Å². The Labute approximate surface area is 120 Å². The lowest BCUT2D eigenvalue weighted by atomic mass is 10.2. The summed E-state index contributed by atoms with van der Waals surface area (Å²) < 4.78 is 20.9. The topological polar surface area (TPSA) is 77.2 Å². The van der Waals surface area contributed by atoms with Gasteiger partial charge in [-0.3, -0.25) is 0 Å². The maximum Gasteiger partial charge on any atom is 0.328 e. The molecule has 0 radical (unpaired) electrons. The summed E-state index contributed by atoms with van der Waals surface area (Å²) in [5.74, 6) is -1.13. The van der Waals surface area contributed by atoms with Gasteiger partial charge in [-0.2, -0.15) is 5.10 Å². The molecule has 0 aliphatic heterocycles. The molecular weight excluding hydrogens is 277 g/mol. The van der Waals surface area contributed by atoms with E-state index in [1.807, 2.05) is 6.92 Å². The average molecular weight is 291 g/mol. The summed E-state index contributed by atoms with van der Waals surface area (Å²) in [7, 11) is 0. The Balaban J connectivity index is 2.21. The quantitative estimate of drug-likeness (QED) is 0.825. The molecule has 1 N–H and O–H groups in total. The highest BCUT2D eigenvalue weighted by molar-refractivity contribution is 5.85. The zero-order valence-electron chi connectivity index (χ0n) is 11.4. The van der Waals surface area contributed by atoms with Gasteiger partial charge in [0.15, 0.2) is 17.4 Å². The SMILES string of the molecule is CCn1ncnc1COc1c(F)cccc1/C=C/C(=O)O. The number of aromatic nitrogens is 3. The van der Waals surface area contributed by atoms with E-state index in [-0.39, 0.29) is 12.4 Å². The Morgan fingerprint density at radius 1 is 1.52 bits per heavy atom. The second kappa shape index (κ2) is 6.65. The van der Waals surface area contributed by atoms with Gasteiger partial charge in [-0.1, -0.05) is 12.1 Å². The molecule has 6 nitrogen and oxygen atoms in total. The number of hydrogen-bond donors (Lipinski definition) is 1. The van der Waals surface area contributed by atoms with Crippen LogP contribution in [-0.4, -0.2) is 25.8 Å². The van der Waals surface area contributed by atoms with Crippen LogP contribution >= 0.6 is 0 Å². The number of carbonyl (C=O) groups is 1. The molecule has 21 heavy (non-hydrogen) atoms. The molecule has 1 heterocycles. The van der Waals surface area contributed by atoms with Gasteiger partial charge in [0.1, 0.15) is 12.9 Å². The normalized spacial score (nSPS) is 11.0. The van der Waals surface area contributed by atoms with Gasteiger partial charge in [0, 0.05) is 18.2 Å². The smallest absolute Gasteiger partial charge is 0.328 e. The van der Waals surface area contributed by atoms with Gasteiger partial charge in [-0.15, -0.1) is 0 Å². The van der Waals surface area contributed by atoms with Gasteiger partial charge < -0.3 is 9.84 Å². The number of para-hydroxylation sites is 1. The number of rotatable bonds is 6. The van der Waals surface area contributed by atoms with Crippen molar-refractivity contribution in [2.24, 2.45) is 0 Å². The number of aryl methyl sites for hydroxylation is 1. The molecule has 110 valence electrons. The Morgan fingerprint density at radius 2 is 2.33 bits per heavy atom. The molecule has 0 fully saturated rings. The van der Waals surface area contributed by atoms with Crippen molar-refractivity contribution in [3.05, 3.63) is 47.8 Å². The molecule has 2 aromatic rings. The first kappa shape index (κ1) is 14.7. The Bertz CT molecular complexity index is 667. The van der Waals surface area contributed by atoms with Crippen LogP contribution in [0.25, 0.3) is 6.08 Å². The minimum atomic E-state index is -1.11. The summed E-state index contributed by atoms with van der Waals surface area (Å²) in [6.07, 6.45) is 3.61. The first-order valence-electron chi connectivity index (χ1n) is 6.30. The fourth-order valence-corrected chi connectivity index (χ4v) is 1.77. The van der Waals surface area contributed by atoms with Crippen molar-refractivity contribution in [1.82, 2.24) is 14.8 Å². The number of hydrogen-bond acceptors (Lipinski definition) is 4. The van der Waals surface area contributed by atoms with Crippen molar-refractivity contribution in [2.75, 3.05) is 0 Å². The molecule has 0 aliphatic carbocycles. The second-order valence-corrected chi connectivity index (χ2v) is 4.11. The van der Waals surface area contributed by atoms with E-state index in [0.29, 0.717) is 17.9 Å². The van der Waals surface area contributed by atoms with Gasteiger partial charge in [0.25, 0.3) is 0 Å². The molecule has 0 amide bonds. The number of ether oxygens (including phenoxy) is 1. The molecule has 0 unspecified atom stereocenters. The molecule has 2 rings (SSSR count). The summed E-state index contributed by atoms with van der Waals surface area (Å²) >= 11 is 0. The lowest BCUT2D eigenvalue weighted by molar-refractivity contribution is -0.131. The maximum atomic E-state index is 13.8. The van der Waals surface area contributed by atoms with Crippen molar-refractivity contribution >= 4 is 12.0 Å². The monoisotopic (exact) mass is 291 g/mol. The molecule has 0 bridgehead atoms. The lowest BCUT2D eigenvalue weighted by Crippen LogP contribution is -2.08. The first-order chi connectivity index (χ1) is 10.1. The van der Waals surface area contributed by atoms with Crippen molar-refractivity contribution in [1.29, 1.82) is 0 Å². The van der Waals surface area contributed by atoms with E-state index in [0.717, 1.165) is 6.08 Å². The summed E-state index contributed by atoms with van der Waals surface area (Å²) in [6, 6.07) is 4.30. The third kappa shape index (κ3) is 3.65. The number of nitrogens with zero attached hydrogens (tertiary/aromatic N) is 3. The van der Waals surface area contributed by atoms with Gasteiger partial charge in [0.05, 0.1) is 0 Å². The highest BCUT2D eigenvalue weighted by atomic mass is 19.1. The van der Waals surface area contributed by atoms with Crippen LogP contribution in [0, 0.1) is 5.82 Å². The highest BCUT2D eigenvalue weighted by Crippen LogP contribution is 2.24. The third-order valence-corrected chi connectivity index (χ3v) is 2.74. The Kier molecular flexibility index (Phi) is 4.65. The number of carboxylic acids is 1. The highest BCUT2D eigenvalue weighted by Gasteiger charge is 2.10. The molecule has 0 saturated heterocycles. The van der Waals surface area contributed by atoms with Crippen molar-refractivity contribution in [3.63, 3.8) is 0 Å². The number of carboxylic acid groups (broad SMARTS) is 1. The average Bonchev–Trinajstić information content (AvgIpc) is 2.91. The molecule has 0 atom stereocenters. The van der Waals surface area contributed by atoms with Crippen molar-refractivity contribution < 1.29 is 19.0 Å². The zero-order valence-corrected chi connectivity index (χ0v) is 11.4. The van der Waals surface area contributed by atoms with Crippen LogP contribution in [0.15, 0.2) is 30.6 Å².